The molecule has 2 aromatic rings. The van der Waals surface area contributed by atoms with Crippen LogP contribution in [0, 0.1) is 0 Å². The SMILES string of the molecule is Nc1n[nH]c2c(Cl)cccc2c1=O. The van der Waals surface area contributed by atoms with Crippen LogP contribution < -0.4 is 11.2 Å². The average Bonchev–Trinajstić information content (AvgIpc) is 2.12. The van der Waals surface area contributed by atoms with Crippen LogP contribution in [0.2, 0.25) is 5.02 Å². The van der Waals surface area contributed by atoms with Crippen molar-refractivity contribution in [2.24, 2.45) is 0 Å². The number of halogens is 1. The zero-order chi connectivity index (χ0) is 9.42. The van der Waals surface area contributed by atoms with E-state index < -0.39 is 0 Å². The lowest BCUT2D eigenvalue weighted by atomic mass is 10.2. The van der Waals surface area contributed by atoms with Crippen molar-refractivity contribution in [2.75, 3.05) is 5.73 Å². The molecule has 0 atom stereocenters. The largest absolute Gasteiger partial charge is 0.379 e. The van der Waals surface area contributed by atoms with Crippen LogP contribution in [0.5, 0.6) is 0 Å². The number of nitrogens with two attached hydrogens (primary N) is 1. The Bertz CT molecular complexity index is 520. The molecule has 66 valence electrons. The van der Waals surface area contributed by atoms with E-state index in [2.05, 4.69) is 10.2 Å². The second kappa shape index (κ2) is 2.74. The summed E-state index contributed by atoms with van der Waals surface area (Å²) in [7, 11) is 0. The molecule has 0 saturated carbocycles. The van der Waals surface area contributed by atoms with Gasteiger partial charge in [0.25, 0.3) is 0 Å². The Kier molecular flexibility index (Phi) is 1.70. The average molecular weight is 196 g/mol. The normalized spacial score (nSPS) is 10.5. The summed E-state index contributed by atoms with van der Waals surface area (Å²) < 4.78 is 0. The fourth-order valence-electron chi connectivity index (χ4n) is 1.13. The monoisotopic (exact) mass is 195 g/mol. The van der Waals surface area contributed by atoms with Crippen molar-refractivity contribution >= 4 is 28.3 Å². The van der Waals surface area contributed by atoms with E-state index in [1.165, 1.54) is 0 Å². The van der Waals surface area contributed by atoms with Gasteiger partial charge in [-0.05, 0) is 12.1 Å². The van der Waals surface area contributed by atoms with Gasteiger partial charge in [-0.3, -0.25) is 9.89 Å². The van der Waals surface area contributed by atoms with Crippen molar-refractivity contribution < 1.29 is 0 Å². The maximum atomic E-state index is 11.4. The number of para-hydroxylation sites is 1. The van der Waals surface area contributed by atoms with Gasteiger partial charge in [0.2, 0.25) is 5.43 Å². The van der Waals surface area contributed by atoms with Gasteiger partial charge < -0.3 is 5.73 Å². The highest BCUT2D eigenvalue weighted by Gasteiger charge is 2.04. The summed E-state index contributed by atoms with van der Waals surface area (Å²) in [6, 6.07) is 5.02. The lowest BCUT2D eigenvalue weighted by molar-refractivity contribution is 1.08. The van der Waals surface area contributed by atoms with Gasteiger partial charge in [-0.25, -0.2) is 0 Å². The Morgan fingerprint density at radius 2 is 2.23 bits per heavy atom. The third kappa shape index (κ3) is 1.15. The summed E-state index contributed by atoms with van der Waals surface area (Å²) in [6.07, 6.45) is 0. The van der Waals surface area contributed by atoms with Crippen LogP contribution in [-0.4, -0.2) is 10.2 Å². The maximum Gasteiger partial charge on any atom is 0.231 e. The van der Waals surface area contributed by atoms with Crippen LogP contribution >= 0.6 is 11.6 Å². The highest BCUT2D eigenvalue weighted by atomic mass is 35.5. The number of nitrogens with one attached hydrogen (secondary N) is 1. The summed E-state index contributed by atoms with van der Waals surface area (Å²) in [5.41, 5.74) is 5.56. The molecule has 0 aliphatic heterocycles. The number of aromatic amines is 1. The number of H-pyrrole nitrogens is 1. The first-order valence-corrected chi connectivity index (χ1v) is 4.00. The lowest BCUT2D eigenvalue weighted by Gasteiger charge is -1.99. The molecule has 0 radical (unpaired) electrons. The van der Waals surface area contributed by atoms with E-state index in [1.54, 1.807) is 18.2 Å². The lowest BCUT2D eigenvalue weighted by Crippen LogP contribution is -2.12. The topological polar surface area (TPSA) is 71.8 Å². The molecule has 0 unspecified atom stereocenters. The van der Waals surface area contributed by atoms with Crippen LogP contribution in [0.4, 0.5) is 5.82 Å². The molecule has 3 N–H and O–H groups in total. The van der Waals surface area contributed by atoms with Crippen LogP contribution in [0.15, 0.2) is 23.0 Å². The molecular formula is C8H6ClN3O. The minimum Gasteiger partial charge on any atom is -0.379 e. The van der Waals surface area contributed by atoms with E-state index in [0.717, 1.165) is 0 Å². The first kappa shape index (κ1) is 8.07. The Hall–Kier alpha value is -1.55. The number of aromatic nitrogens is 2. The minimum atomic E-state index is -0.295. The Labute approximate surface area is 78.3 Å². The van der Waals surface area contributed by atoms with E-state index in [9.17, 15) is 4.79 Å². The zero-order valence-corrected chi connectivity index (χ0v) is 7.30. The number of anilines is 1. The molecule has 2 rings (SSSR count). The minimum absolute atomic E-state index is 0.0465. The van der Waals surface area contributed by atoms with Gasteiger partial charge in [-0.1, -0.05) is 17.7 Å². The molecule has 1 aromatic heterocycles. The first-order chi connectivity index (χ1) is 6.20. The predicted molar refractivity (Wildman–Crippen MR) is 51.8 cm³/mol. The number of nitrogens with zero attached hydrogens (tertiary/aromatic N) is 1. The van der Waals surface area contributed by atoms with E-state index in [0.29, 0.717) is 15.9 Å². The van der Waals surface area contributed by atoms with Crippen molar-refractivity contribution in [2.45, 2.75) is 0 Å². The second-order valence-corrected chi connectivity index (χ2v) is 3.01. The first-order valence-electron chi connectivity index (χ1n) is 3.62. The molecule has 13 heavy (non-hydrogen) atoms. The van der Waals surface area contributed by atoms with Gasteiger partial charge in [-0.15, -0.1) is 0 Å². The Balaban J connectivity index is 3.03. The van der Waals surface area contributed by atoms with Gasteiger partial charge in [0.05, 0.1) is 15.9 Å². The fraction of sp³-hybridized carbons (Fsp3) is 0. The molecule has 0 spiro atoms. The number of nitrogen functional groups attached to an aromatic ring is 1. The van der Waals surface area contributed by atoms with Crippen molar-refractivity contribution in [3.8, 4) is 0 Å². The molecule has 0 bridgehead atoms. The standard InChI is InChI=1S/C8H6ClN3O/c9-5-3-1-2-4-6(5)11-12-8(10)7(4)13/h1-3H,(H2,10,12)(H,11,13). The maximum absolute atomic E-state index is 11.4. The Morgan fingerprint density at radius 1 is 1.46 bits per heavy atom. The van der Waals surface area contributed by atoms with Crippen LogP contribution in [0.3, 0.4) is 0 Å². The van der Waals surface area contributed by atoms with Crippen molar-refractivity contribution in [1.82, 2.24) is 10.2 Å². The molecule has 5 heteroatoms. The molecule has 1 aromatic carbocycles. The van der Waals surface area contributed by atoms with Gasteiger partial charge >= 0.3 is 0 Å². The molecule has 0 aliphatic rings. The molecule has 0 fully saturated rings. The van der Waals surface area contributed by atoms with Gasteiger partial charge in [0.1, 0.15) is 0 Å². The van der Waals surface area contributed by atoms with E-state index in [4.69, 9.17) is 17.3 Å². The summed E-state index contributed by atoms with van der Waals surface area (Å²) in [5, 5.41) is 7.16. The van der Waals surface area contributed by atoms with E-state index in [1.807, 2.05) is 0 Å². The number of hydrogen-bond donors (Lipinski definition) is 2. The summed E-state index contributed by atoms with van der Waals surface area (Å²) in [4.78, 5) is 11.4. The van der Waals surface area contributed by atoms with Crippen molar-refractivity contribution in [1.29, 1.82) is 0 Å². The fourth-order valence-corrected chi connectivity index (χ4v) is 1.35. The second-order valence-electron chi connectivity index (χ2n) is 2.60. The molecule has 0 aliphatic carbocycles. The highest BCUT2D eigenvalue weighted by Crippen LogP contribution is 2.17. The van der Waals surface area contributed by atoms with Gasteiger partial charge in [0, 0.05) is 0 Å². The molecule has 1 heterocycles. The third-order valence-electron chi connectivity index (χ3n) is 1.78. The predicted octanol–water partition coefficient (Wildman–Crippen LogP) is 1.16. The summed E-state index contributed by atoms with van der Waals surface area (Å²) >= 11 is 5.83. The smallest absolute Gasteiger partial charge is 0.231 e. The van der Waals surface area contributed by atoms with E-state index in [-0.39, 0.29) is 11.2 Å². The van der Waals surface area contributed by atoms with Gasteiger partial charge in [-0.2, -0.15) is 5.10 Å². The number of fused-ring (bicyclic) bond motifs is 1. The number of benzene rings is 1. The van der Waals surface area contributed by atoms with Crippen LogP contribution in [0.1, 0.15) is 0 Å². The molecule has 4 nitrogen and oxygen atoms in total. The van der Waals surface area contributed by atoms with Crippen LogP contribution in [-0.2, 0) is 0 Å². The molecule has 0 amide bonds. The van der Waals surface area contributed by atoms with Crippen LogP contribution in [0.25, 0.3) is 10.9 Å². The molecule has 0 saturated heterocycles. The summed E-state index contributed by atoms with van der Waals surface area (Å²) in [6.45, 7) is 0. The van der Waals surface area contributed by atoms with E-state index >= 15 is 0 Å². The Morgan fingerprint density at radius 3 is 3.00 bits per heavy atom. The molecular weight excluding hydrogens is 190 g/mol. The van der Waals surface area contributed by atoms with Crippen molar-refractivity contribution in [3.63, 3.8) is 0 Å². The zero-order valence-electron chi connectivity index (χ0n) is 6.54. The van der Waals surface area contributed by atoms with Crippen molar-refractivity contribution in [3.05, 3.63) is 33.4 Å². The van der Waals surface area contributed by atoms with Gasteiger partial charge in [0.15, 0.2) is 5.82 Å². The number of hydrogen-bond acceptors (Lipinski definition) is 3. The third-order valence-corrected chi connectivity index (χ3v) is 2.09. The summed E-state index contributed by atoms with van der Waals surface area (Å²) in [5.74, 6) is -0.0465. The number of rotatable bonds is 0. The quantitative estimate of drug-likeness (QED) is 0.663. The highest BCUT2D eigenvalue weighted by molar-refractivity contribution is 6.34.